The zero-order valence-electron chi connectivity index (χ0n) is 9.74. The molecule has 1 aromatic carbocycles. The SMILES string of the molecule is B.CC1(C)CCNc2cc(Cl)c(CCCl)cc21. The minimum atomic E-state index is 0. The summed E-state index contributed by atoms with van der Waals surface area (Å²) in [7, 11) is 0. The lowest BCUT2D eigenvalue weighted by Crippen LogP contribution is -2.28. The van der Waals surface area contributed by atoms with Crippen molar-refractivity contribution in [3.63, 3.8) is 0 Å². The van der Waals surface area contributed by atoms with Gasteiger partial charge in [0.2, 0.25) is 0 Å². The molecule has 1 heterocycles. The van der Waals surface area contributed by atoms with Gasteiger partial charge in [0, 0.05) is 23.1 Å². The number of halogens is 2. The van der Waals surface area contributed by atoms with Crippen molar-refractivity contribution >= 4 is 37.3 Å². The molecule has 0 unspecified atom stereocenters. The fraction of sp³-hybridized carbons (Fsp3) is 0.538. The Morgan fingerprint density at radius 2 is 2.06 bits per heavy atom. The Labute approximate surface area is 115 Å². The molecule has 2 rings (SSSR count). The van der Waals surface area contributed by atoms with Gasteiger partial charge in [-0.1, -0.05) is 31.5 Å². The van der Waals surface area contributed by atoms with Crippen LogP contribution in [0, 0.1) is 0 Å². The van der Waals surface area contributed by atoms with Crippen LogP contribution in [0.2, 0.25) is 5.02 Å². The molecule has 1 N–H and O–H groups in total. The van der Waals surface area contributed by atoms with Gasteiger partial charge in [0.25, 0.3) is 0 Å². The van der Waals surface area contributed by atoms with E-state index in [1.54, 1.807) is 0 Å². The van der Waals surface area contributed by atoms with Crippen LogP contribution in [0.5, 0.6) is 0 Å². The highest BCUT2D eigenvalue weighted by Crippen LogP contribution is 2.39. The van der Waals surface area contributed by atoms with Crippen molar-refractivity contribution in [3.05, 3.63) is 28.3 Å². The lowest BCUT2D eigenvalue weighted by atomic mass is 9.77. The quantitative estimate of drug-likeness (QED) is 0.644. The number of nitrogens with one attached hydrogen (secondary N) is 1. The van der Waals surface area contributed by atoms with E-state index in [2.05, 4.69) is 25.2 Å². The molecule has 0 amide bonds. The van der Waals surface area contributed by atoms with E-state index in [-0.39, 0.29) is 13.8 Å². The maximum Gasteiger partial charge on any atom is 0.0814 e. The lowest BCUT2D eigenvalue weighted by Gasteiger charge is -2.34. The molecule has 1 aliphatic heterocycles. The summed E-state index contributed by atoms with van der Waals surface area (Å²) < 4.78 is 0. The molecule has 0 atom stereocenters. The largest absolute Gasteiger partial charge is 0.385 e. The second kappa shape index (κ2) is 5.54. The van der Waals surface area contributed by atoms with Gasteiger partial charge in [-0.3, -0.25) is 0 Å². The van der Waals surface area contributed by atoms with Gasteiger partial charge in [-0.25, -0.2) is 0 Å². The molecule has 1 aliphatic rings. The zero-order valence-corrected chi connectivity index (χ0v) is 11.3. The fourth-order valence-corrected chi connectivity index (χ4v) is 2.72. The van der Waals surface area contributed by atoms with Crippen LogP contribution in [-0.2, 0) is 11.8 Å². The average Bonchev–Trinajstić information content (AvgIpc) is 2.20. The van der Waals surface area contributed by atoms with Gasteiger partial charge in [-0.05, 0) is 35.4 Å². The van der Waals surface area contributed by atoms with Gasteiger partial charge >= 0.3 is 0 Å². The van der Waals surface area contributed by atoms with E-state index in [0.29, 0.717) is 5.88 Å². The molecule has 0 aromatic heterocycles. The number of hydrogen-bond donors (Lipinski definition) is 1. The summed E-state index contributed by atoms with van der Waals surface area (Å²) in [6.45, 7) is 5.58. The van der Waals surface area contributed by atoms with Crippen LogP contribution in [0.15, 0.2) is 12.1 Å². The summed E-state index contributed by atoms with van der Waals surface area (Å²) in [4.78, 5) is 0. The highest BCUT2D eigenvalue weighted by atomic mass is 35.5. The number of alkyl halides is 1. The van der Waals surface area contributed by atoms with Crippen LogP contribution < -0.4 is 5.32 Å². The van der Waals surface area contributed by atoms with Crippen molar-refractivity contribution in [1.82, 2.24) is 0 Å². The number of anilines is 1. The first-order chi connectivity index (χ1) is 7.54. The molecule has 1 aromatic rings. The van der Waals surface area contributed by atoms with Crippen molar-refractivity contribution in [2.45, 2.75) is 32.1 Å². The van der Waals surface area contributed by atoms with E-state index in [1.807, 2.05) is 6.07 Å². The summed E-state index contributed by atoms with van der Waals surface area (Å²) in [5, 5.41) is 4.23. The fourth-order valence-electron chi connectivity index (χ4n) is 2.26. The first-order valence-electron chi connectivity index (χ1n) is 5.67. The Hall–Kier alpha value is -0.335. The van der Waals surface area contributed by atoms with E-state index in [1.165, 1.54) is 11.3 Å². The molecule has 0 bridgehead atoms. The van der Waals surface area contributed by atoms with Gasteiger partial charge in [0.05, 0.1) is 8.41 Å². The minimum Gasteiger partial charge on any atom is -0.385 e. The number of rotatable bonds is 2. The minimum absolute atomic E-state index is 0. The Morgan fingerprint density at radius 3 is 2.71 bits per heavy atom. The molecular weight excluding hydrogens is 252 g/mol. The van der Waals surface area contributed by atoms with Crippen molar-refractivity contribution in [2.24, 2.45) is 0 Å². The maximum atomic E-state index is 6.23. The number of aryl methyl sites for hydroxylation is 1. The van der Waals surface area contributed by atoms with Gasteiger partial charge < -0.3 is 5.32 Å². The van der Waals surface area contributed by atoms with E-state index >= 15 is 0 Å². The van der Waals surface area contributed by atoms with Crippen molar-refractivity contribution in [3.8, 4) is 0 Å². The highest BCUT2D eigenvalue weighted by Gasteiger charge is 2.28. The molecule has 0 fully saturated rings. The third-order valence-corrected chi connectivity index (χ3v) is 3.89. The van der Waals surface area contributed by atoms with Crippen molar-refractivity contribution in [2.75, 3.05) is 17.7 Å². The normalized spacial score (nSPS) is 16.7. The van der Waals surface area contributed by atoms with Crippen LogP contribution in [0.3, 0.4) is 0 Å². The molecular formula is C13H20BCl2N. The Bertz CT molecular complexity index is 405. The highest BCUT2D eigenvalue weighted by molar-refractivity contribution is 6.31. The van der Waals surface area contributed by atoms with E-state index in [9.17, 15) is 0 Å². The number of fused-ring (bicyclic) bond motifs is 1. The molecule has 0 spiro atoms. The van der Waals surface area contributed by atoms with Crippen LogP contribution in [0.4, 0.5) is 5.69 Å². The Balaban J connectivity index is 0.00000144. The third-order valence-electron chi connectivity index (χ3n) is 3.34. The van der Waals surface area contributed by atoms with Crippen LogP contribution >= 0.6 is 23.2 Å². The second-order valence-corrected chi connectivity index (χ2v) is 5.77. The van der Waals surface area contributed by atoms with E-state index in [0.717, 1.165) is 30.0 Å². The van der Waals surface area contributed by atoms with E-state index < -0.39 is 0 Å². The predicted molar refractivity (Wildman–Crippen MR) is 81.9 cm³/mol. The van der Waals surface area contributed by atoms with Crippen molar-refractivity contribution < 1.29 is 0 Å². The average molecular weight is 272 g/mol. The predicted octanol–water partition coefficient (Wildman–Crippen LogP) is 3.03. The standard InChI is InChI=1S/C13H17Cl2N.BH3/c1-13(2)4-6-16-12-8-11(15)9(3-5-14)7-10(12)13;/h7-8,16H,3-6H2,1-2H3;1H3. The number of hydrogen-bond acceptors (Lipinski definition) is 1. The second-order valence-electron chi connectivity index (χ2n) is 4.99. The first-order valence-corrected chi connectivity index (χ1v) is 6.58. The van der Waals surface area contributed by atoms with Gasteiger partial charge in [-0.2, -0.15) is 0 Å². The molecule has 4 heteroatoms. The molecule has 0 saturated heterocycles. The summed E-state index contributed by atoms with van der Waals surface area (Å²) in [5.41, 5.74) is 3.93. The Kier molecular flexibility index (Phi) is 4.80. The number of benzene rings is 1. The van der Waals surface area contributed by atoms with Crippen LogP contribution in [0.25, 0.3) is 0 Å². The molecule has 94 valence electrons. The first kappa shape index (κ1) is 14.7. The summed E-state index contributed by atoms with van der Waals surface area (Å²) in [6.07, 6.45) is 1.99. The molecule has 0 saturated carbocycles. The van der Waals surface area contributed by atoms with Crippen LogP contribution in [-0.4, -0.2) is 20.8 Å². The monoisotopic (exact) mass is 271 g/mol. The van der Waals surface area contributed by atoms with Gasteiger partial charge in [-0.15, -0.1) is 11.6 Å². The summed E-state index contributed by atoms with van der Waals surface area (Å²) >= 11 is 12.0. The van der Waals surface area contributed by atoms with Crippen LogP contribution in [0.1, 0.15) is 31.4 Å². The Morgan fingerprint density at radius 1 is 1.35 bits per heavy atom. The molecule has 0 aliphatic carbocycles. The van der Waals surface area contributed by atoms with Gasteiger partial charge in [0.1, 0.15) is 0 Å². The summed E-state index contributed by atoms with van der Waals surface area (Å²) in [5.74, 6) is 0.617. The summed E-state index contributed by atoms with van der Waals surface area (Å²) in [6, 6.07) is 4.26. The van der Waals surface area contributed by atoms with Gasteiger partial charge in [0.15, 0.2) is 0 Å². The van der Waals surface area contributed by atoms with Crippen molar-refractivity contribution in [1.29, 1.82) is 0 Å². The lowest BCUT2D eigenvalue weighted by molar-refractivity contribution is 0.481. The molecule has 1 nitrogen and oxygen atoms in total. The third kappa shape index (κ3) is 2.92. The molecule has 0 radical (unpaired) electrons. The topological polar surface area (TPSA) is 12.0 Å². The zero-order chi connectivity index (χ0) is 11.8. The smallest absolute Gasteiger partial charge is 0.0814 e. The molecule has 17 heavy (non-hydrogen) atoms. The maximum absolute atomic E-state index is 6.23. The van der Waals surface area contributed by atoms with E-state index in [4.69, 9.17) is 23.2 Å².